The van der Waals surface area contributed by atoms with E-state index in [-0.39, 0.29) is 0 Å². The van der Waals surface area contributed by atoms with Crippen molar-refractivity contribution in [2.24, 2.45) is 0 Å². The van der Waals surface area contributed by atoms with Crippen LogP contribution in [0.5, 0.6) is 0 Å². The van der Waals surface area contributed by atoms with Gasteiger partial charge in [-0.2, -0.15) is 15.0 Å². The van der Waals surface area contributed by atoms with E-state index in [9.17, 15) is 0 Å². The number of hydrogen-bond donors (Lipinski definition) is 3. The molecule has 0 atom stereocenters. The summed E-state index contributed by atoms with van der Waals surface area (Å²) in [7, 11) is 0. The second kappa shape index (κ2) is 9.35. The van der Waals surface area contributed by atoms with Crippen LogP contribution in [0.25, 0.3) is 0 Å². The second-order valence-electron chi connectivity index (χ2n) is 4.40. The van der Waals surface area contributed by atoms with Crippen LogP contribution in [-0.2, 0) is 0 Å². The molecule has 0 spiro atoms. The summed E-state index contributed by atoms with van der Waals surface area (Å²) in [6.07, 6.45) is 4.53. The normalized spacial score (nSPS) is 10.3. The summed E-state index contributed by atoms with van der Waals surface area (Å²) in [4.78, 5) is 13.1. The van der Waals surface area contributed by atoms with Gasteiger partial charge in [-0.15, -0.1) is 0 Å². The standard InChI is InChI=1S/C13H26N6/c1-4-7-9-15-12-17-11(14-6-3)18-13(19-12)16-10-8-5-2/h4-10H2,1-3H3,(H3,14,15,16,17,18,19). The van der Waals surface area contributed by atoms with Crippen molar-refractivity contribution in [3.05, 3.63) is 0 Å². The Morgan fingerprint density at radius 3 is 1.47 bits per heavy atom. The predicted molar refractivity (Wildman–Crippen MR) is 80.8 cm³/mol. The van der Waals surface area contributed by atoms with Crippen LogP contribution in [0.3, 0.4) is 0 Å². The number of rotatable bonds is 10. The highest BCUT2D eigenvalue weighted by Gasteiger charge is 2.05. The number of anilines is 3. The Morgan fingerprint density at radius 2 is 1.11 bits per heavy atom. The van der Waals surface area contributed by atoms with E-state index >= 15 is 0 Å². The summed E-state index contributed by atoms with van der Waals surface area (Å²) in [5, 5.41) is 9.59. The van der Waals surface area contributed by atoms with Gasteiger partial charge in [0.2, 0.25) is 17.8 Å². The van der Waals surface area contributed by atoms with Gasteiger partial charge in [0.1, 0.15) is 0 Å². The fourth-order valence-electron chi connectivity index (χ4n) is 1.53. The highest BCUT2D eigenvalue weighted by Crippen LogP contribution is 2.09. The van der Waals surface area contributed by atoms with Crippen LogP contribution in [0.15, 0.2) is 0 Å². The predicted octanol–water partition coefficient (Wildman–Crippen LogP) is 2.73. The van der Waals surface area contributed by atoms with Crippen molar-refractivity contribution in [2.45, 2.75) is 46.5 Å². The van der Waals surface area contributed by atoms with Gasteiger partial charge in [-0.05, 0) is 19.8 Å². The minimum absolute atomic E-state index is 0.621. The largest absolute Gasteiger partial charge is 0.354 e. The molecule has 108 valence electrons. The van der Waals surface area contributed by atoms with Gasteiger partial charge >= 0.3 is 0 Å². The molecule has 0 aliphatic carbocycles. The second-order valence-corrected chi connectivity index (χ2v) is 4.40. The van der Waals surface area contributed by atoms with Gasteiger partial charge in [0.15, 0.2) is 0 Å². The van der Waals surface area contributed by atoms with E-state index in [4.69, 9.17) is 0 Å². The van der Waals surface area contributed by atoms with Gasteiger partial charge in [0, 0.05) is 19.6 Å². The maximum atomic E-state index is 4.37. The molecule has 0 amide bonds. The minimum Gasteiger partial charge on any atom is -0.354 e. The van der Waals surface area contributed by atoms with Gasteiger partial charge in [0.25, 0.3) is 0 Å². The van der Waals surface area contributed by atoms with Crippen molar-refractivity contribution in [1.29, 1.82) is 0 Å². The molecule has 1 aromatic heterocycles. The SMILES string of the molecule is CCCCNc1nc(NCC)nc(NCCCC)n1. The first-order chi connectivity index (χ1) is 9.30. The lowest BCUT2D eigenvalue weighted by atomic mass is 10.3. The van der Waals surface area contributed by atoms with Crippen LogP contribution in [0.2, 0.25) is 0 Å². The molecule has 1 aromatic rings. The van der Waals surface area contributed by atoms with Crippen LogP contribution >= 0.6 is 0 Å². The number of hydrogen-bond acceptors (Lipinski definition) is 6. The molecule has 0 aromatic carbocycles. The van der Waals surface area contributed by atoms with Crippen LogP contribution < -0.4 is 16.0 Å². The summed E-state index contributed by atoms with van der Waals surface area (Å²) in [6.45, 7) is 8.93. The van der Waals surface area contributed by atoms with E-state index in [2.05, 4.69) is 44.7 Å². The first-order valence-electron chi connectivity index (χ1n) is 7.27. The molecule has 0 unspecified atom stereocenters. The molecule has 0 aliphatic rings. The van der Waals surface area contributed by atoms with E-state index in [0.29, 0.717) is 17.8 Å². The van der Waals surface area contributed by atoms with Gasteiger partial charge in [-0.1, -0.05) is 26.7 Å². The fourth-order valence-corrected chi connectivity index (χ4v) is 1.53. The number of unbranched alkanes of at least 4 members (excludes halogenated alkanes) is 2. The molecule has 1 rings (SSSR count). The quantitative estimate of drug-likeness (QED) is 0.565. The maximum absolute atomic E-state index is 4.37. The Bertz CT molecular complexity index is 327. The highest BCUT2D eigenvalue weighted by atomic mass is 15.3. The molecule has 3 N–H and O–H groups in total. The molecular weight excluding hydrogens is 240 g/mol. The molecule has 6 heteroatoms. The van der Waals surface area contributed by atoms with Crippen LogP contribution in [-0.4, -0.2) is 34.6 Å². The maximum Gasteiger partial charge on any atom is 0.229 e. The minimum atomic E-state index is 0.621. The van der Waals surface area contributed by atoms with E-state index in [1.807, 2.05) is 6.92 Å². The average Bonchev–Trinajstić information content (AvgIpc) is 2.40. The van der Waals surface area contributed by atoms with Crippen molar-refractivity contribution >= 4 is 17.8 Å². The zero-order valence-electron chi connectivity index (χ0n) is 12.3. The summed E-state index contributed by atoms with van der Waals surface area (Å²) in [5.41, 5.74) is 0. The average molecular weight is 266 g/mol. The fraction of sp³-hybridized carbons (Fsp3) is 0.769. The monoisotopic (exact) mass is 266 g/mol. The van der Waals surface area contributed by atoms with Crippen molar-refractivity contribution in [1.82, 2.24) is 15.0 Å². The summed E-state index contributed by atoms with van der Waals surface area (Å²) >= 11 is 0. The molecule has 0 bridgehead atoms. The van der Waals surface area contributed by atoms with E-state index in [0.717, 1.165) is 45.3 Å². The van der Waals surface area contributed by atoms with E-state index in [1.165, 1.54) is 0 Å². The van der Waals surface area contributed by atoms with Crippen molar-refractivity contribution < 1.29 is 0 Å². The molecule has 19 heavy (non-hydrogen) atoms. The van der Waals surface area contributed by atoms with Gasteiger partial charge in [0.05, 0.1) is 0 Å². The van der Waals surface area contributed by atoms with E-state index in [1.54, 1.807) is 0 Å². The Kier molecular flexibility index (Phi) is 7.62. The zero-order valence-corrected chi connectivity index (χ0v) is 12.3. The lowest BCUT2D eigenvalue weighted by Crippen LogP contribution is -2.13. The van der Waals surface area contributed by atoms with Crippen molar-refractivity contribution in [3.63, 3.8) is 0 Å². The zero-order chi connectivity index (χ0) is 13.9. The number of nitrogens with zero attached hydrogens (tertiary/aromatic N) is 3. The lowest BCUT2D eigenvalue weighted by Gasteiger charge is -2.10. The number of aromatic nitrogens is 3. The van der Waals surface area contributed by atoms with Crippen LogP contribution in [0, 0.1) is 0 Å². The molecule has 0 aliphatic heterocycles. The molecular formula is C13H26N6. The molecule has 6 nitrogen and oxygen atoms in total. The Hall–Kier alpha value is -1.59. The van der Waals surface area contributed by atoms with Crippen molar-refractivity contribution in [3.8, 4) is 0 Å². The molecule has 0 saturated carbocycles. The van der Waals surface area contributed by atoms with Gasteiger partial charge in [-0.3, -0.25) is 0 Å². The Morgan fingerprint density at radius 1 is 0.684 bits per heavy atom. The smallest absolute Gasteiger partial charge is 0.229 e. The Labute approximate surface area is 115 Å². The third-order valence-electron chi connectivity index (χ3n) is 2.60. The molecule has 0 fully saturated rings. The first kappa shape index (κ1) is 15.5. The van der Waals surface area contributed by atoms with Crippen LogP contribution in [0.1, 0.15) is 46.5 Å². The molecule has 0 saturated heterocycles. The van der Waals surface area contributed by atoms with Crippen molar-refractivity contribution in [2.75, 3.05) is 35.6 Å². The first-order valence-corrected chi connectivity index (χ1v) is 7.27. The highest BCUT2D eigenvalue weighted by molar-refractivity contribution is 5.41. The lowest BCUT2D eigenvalue weighted by molar-refractivity contribution is 0.815. The van der Waals surface area contributed by atoms with Gasteiger partial charge < -0.3 is 16.0 Å². The van der Waals surface area contributed by atoms with Crippen LogP contribution in [0.4, 0.5) is 17.8 Å². The van der Waals surface area contributed by atoms with Gasteiger partial charge in [-0.25, -0.2) is 0 Å². The summed E-state index contributed by atoms with van der Waals surface area (Å²) < 4.78 is 0. The third kappa shape index (κ3) is 6.22. The molecule has 1 heterocycles. The molecule has 0 radical (unpaired) electrons. The summed E-state index contributed by atoms with van der Waals surface area (Å²) in [6, 6.07) is 0. The third-order valence-corrected chi connectivity index (χ3v) is 2.60. The summed E-state index contributed by atoms with van der Waals surface area (Å²) in [5.74, 6) is 1.90. The number of nitrogens with one attached hydrogen (secondary N) is 3. The van der Waals surface area contributed by atoms with E-state index < -0.39 is 0 Å². The topological polar surface area (TPSA) is 74.8 Å². The Balaban J connectivity index is 2.66.